The normalized spacial score (nSPS) is 11.3. The van der Waals surface area contributed by atoms with E-state index in [4.69, 9.17) is 5.73 Å². The lowest BCUT2D eigenvalue weighted by Gasteiger charge is -2.09. The van der Waals surface area contributed by atoms with E-state index < -0.39 is 0 Å². The lowest BCUT2D eigenvalue weighted by molar-refractivity contribution is 0.898. The summed E-state index contributed by atoms with van der Waals surface area (Å²) in [5.74, 6) is 0.631. The fourth-order valence-corrected chi connectivity index (χ4v) is 3.67. The third kappa shape index (κ3) is 1.74. The van der Waals surface area contributed by atoms with E-state index in [1.54, 1.807) is 16.8 Å². The quantitative estimate of drug-likeness (QED) is 0.587. The van der Waals surface area contributed by atoms with Gasteiger partial charge in [-0.15, -0.1) is 11.3 Å². The number of thiophene rings is 1. The number of rotatable bonds is 1. The molecule has 0 saturated carbocycles. The summed E-state index contributed by atoms with van der Waals surface area (Å²) in [6, 6.07) is 11.2. The van der Waals surface area contributed by atoms with Crippen LogP contribution in [0.5, 0.6) is 0 Å². The highest BCUT2D eigenvalue weighted by Gasteiger charge is 2.17. The summed E-state index contributed by atoms with van der Waals surface area (Å²) >= 11 is 1.33. The standard InChI is InChI=1S/C16H12N4OS/c1-9-19-13-12-11(17)7-8-18-15(12)22-14(13)16(21)20(9)10-5-3-2-4-6-10/h2-8H,1H3,(H2,17,18). The first-order chi connectivity index (χ1) is 10.7. The SMILES string of the molecule is Cc1nc2c(sc3nccc(N)c32)c(=O)n1-c1ccccc1. The number of hydrogen-bond donors (Lipinski definition) is 1. The van der Waals surface area contributed by atoms with E-state index >= 15 is 0 Å². The summed E-state index contributed by atoms with van der Waals surface area (Å²) in [5.41, 5.74) is 7.99. The van der Waals surface area contributed by atoms with Gasteiger partial charge in [0.15, 0.2) is 0 Å². The van der Waals surface area contributed by atoms with Crippen LogP contribution in [-0.4, -0.2) is 14.5 Å². The molecule has 22 heavy (non-hydrogen) atoms. The molecule has 4 rings (SSSR count). The summed E-state index contributed by atoms with van der Waals surface area (Å²) in [5, 5.41) is 0.767. The highest BCUT2D eigenvalue weighted by atomic mass is 32.1. The van der Waals surface area contributed by atoms with Gasteiger partial charge in [0.25, 0.3) is 5.56 Å². The first kappa shape index (κ1) is 13.0. The molecule has 0 aliphatic rings. The van der Waals surface area contributed by atoms with E-state index in [0.29, 0.717) is 21.7 Å². The number of aryl methyl sites for hydroxylation is 1. The van der Waals surface area contributed by atoms with E-state index in [-0.39, 0.29) is 5.56 Å². The molecule has 0 saturated heterocycles. The summed E-state index contributed by atoms with van der Waals surface area (Å²) in [7, 11) is 0. The molecule has 0 aliphatic carbocycles. The van der Waals surface area contributed by atoms with Gasteiger partial charge in [-0.25, -0.2) is 9.97 Å². The van der Waals surface area contributed by atoms with Gasteiger partial charge in [0.05, 0.1) is 11.1 Å². The van der Waals surface area contributed by atoms with Crippen LogP contribution in [0.25, 0.3) is 26.1 Å². The van der Waals surface area contributed by atoms with Crippen LogP contribution < -0.4 is 11.3 Å². The van der Waals surface area contributed by atoms with Crippen LogP contribution in [0.1, 0.15) is 5.82 Å². The van der Waals surface area contributed by atoms with Gasteiger partial charge in [0.2, 0.25) is 0 Å². The number of anilines is 1. The van der Waals surface area contributed by atoms with Gasteiger partial charge < -0.3 is 5.73 Å². The third-order valence-electron chi connectivity index (χ3n) is 3.61. The maximum absolute atomic E-state index is 12.9. The fourth-order valence-electron chi connectivity index (χ4n) is 2.62. The Labute approximate surface area is 129 Å². The molecular weight excluding hydrogens is 296 g/mol. The van der Waals surface area contributed by atoms with Gasteiger partial charge in [0, 0.05) is 11.9 Å². The summed E-state index contributed by atoms with van der Waals surface area (Å²) in [4.78, 5) is 22.6. The van der Waals surface area contributed by atoms with Crippen molar-refractivity contribution in [3.05, 3.63) is 58.8 Å². The summed E-state index contributed by atoms with van der Waals surface area (Å²) < 4.78 is 2.20. The van der Waals surface area contributed by atoms with Crippen molar-refractivity contribution in [1.82, 2.24) is 14.5 Å². The number of fused-ring (bicyclic) bond motifs is 3. The van der Waals surface area contributed by atoms with E-state index in [1.165, 1.54) is 11.3 Å². The summed E-state index contributed by atoms with van der Waals surface area (Å²) in [6.45, 7) is 1.82. The zero-order valence-corrected chi connectivity index (χ0v) is 12.6. The maximum Gasteiger partial charge on any atom is 0.276 e. The number of para-hydroxylation sites is 1. The highest BCUT2D eigenvalue weighted by molar-refractivity contribution is 7.25. The van der Waals surface area contributed by atoms with Gasteiger partial charge in [-0.05, 0) is 25.1 Å². The molecule has 0 amide bonds. The van der Waals surface area contributed by atoms with Crippen molar-refractivity contribution >= 4 is 37.5 Å². The molecule has 0 spiro atoms. The van der Waals surface area contributed by atoms with E-state index in [2.05, 4.69) is 9.97 Å². The second-order valence-electron chi connectivity index (χ2n) is 5.00. The molecule has 0 aliphatic heterocycles. The average molecular weight is 308 g/mol. The maximum atomic E-state index is 12.9. The molecular formula is C16H12N4OS. The monoisotopic (exact) mass is 308 g/mol. The van der Waals surface area contributed by atoms with Crippen molar-refractivity contribution in [3.63, 3.8) is 0 Å². The van der Waals surface area contributed by atoms with Crippen LogP contribution in [-0.2, 0) is 0 Å². The number of nitrogen functional groups attached to an aromatic ring is 1. The van der Waals surface area contributed by atoms with Gasteiger partial charge in [-0.1, -0.05) is 18.2 Å². The zero-order valence-electron chi connectivity index (χ0n) is 11.8. The molecule has 0 radical (unpaired) electrons. The Morgan fingerprint density at radius 2 is 1.95 bits per heavy atom. The minimum Gasteiger partial charge on any atom is -0.398 e. The molecule has 6 heteroatoms. The van der Waals surface area contributed by atoms with Crippen molar-refractivity contribution in [2.24, 2.45) is 0 Å². The fraction of sp³-hybridized carbons (Fsp3) is 0.0625. The van der Waals surface area contributed by atoms with Crippen molar-refractivity contribution in [2.75, 3.05) is 5.73 Å². The van der Waals surface area contributed by atoms with Crippen LogP contribution in [0.4, 0.5) is 5.69 Å². The predicted octanol–water partition coefficient (Wildman–Crippen LogP) is 2.89. The first-order valence-electron chi connectivity index (χ1n) is 6.78. The number of aromatic nitrogens is 3. The number of hydrogen-bond acceptors (Lipinski definition) is 5. The van der Waals surface area contributed by atoms with Crippen molar-refractivity contribution < 1.29 is 0 Å². The Morgan fingerprint density at radius 1 is 1.18 bits per heavy atom. The molecule has 2 N–H and O–H groups in total. The molecule has 3 heterocycles. The number of benzene rings is 1. The zero-order chi connectivity index (χ0) is 15.3. The lowest BCUT2D eigenvalue weighted by atomic mass is 10.2. The van der Waals surface area contributed by atoms with E-state index in [0.717, 1.165) is 15.9 Å². The third-order valence-corrected chi connectivity index (χ3v) is 4.68. The number of pyridine rings is 1. The number of nitrogens with two attached hydrogens (primary N) is 1. The van der Waals surface area contributed by atoms with Gasteiger partial charge in [-0.3, -0.25) is 9.36 Å². The lowest BCUT2D eigenvalue weighted by Crippen LogP contribution is -2.21. The van der Waals surface area contributed by atoms with Crippen LogP contribution in [0.2, 0.25) is 0 Å². The van der Waals surface area contributed by atoms with Crippen molar-refractivity contribution in [2.45, 2.75) is 6.92 Å². The van der Waals surface area contributed by atoms with Gasteiger partial charge >= 0.3 is 0 Å². The molecule has 3 aromatic heterocycles. The Bertz CT molecular complexity index is 1070. The molecule has 0 atom stereocenters. The second-order valence-corrected chi connectivity index (χ2v) is 5.99. The van der Waals surface area contributed by atoms with Crippen LogP contribution in [0.15, 0.2) is 47.4 Å². The molecule has 5 nitrogen and oxygen atoms in total. The Kier molecular flexibility index (Phi) is 2.74. The van der Waals surface area contributed by atoms with E-state index in [1.807, 2.05) is 37.3 Å². The van der Waals surface area contributed by atoms with Gasteiger partial charge in [0.1, 0.15) is 20.9 Å². The van der Waals surface area contributed by atoms with E-state index in [9.17, 15) is 4.79 Å². The smallest absolute Gasteiger partial charge is 0.276 e. The summed E-state index contributed by atoms with van der Waals surface area (Å²) in [6.07, 6.45) is 1.65. The second kappa shape index (κ2) is 4.64. The average Bonchev–Trinajstić information content (AvgIpc) is 2.89. The predicted molar refractivity (Wildman–Crippen MR) is 89.7 cm³/mol. The minimum atomic E-state index is -0.0869. The Morgan fingerprint density at radius 3 is 2.73 bits per heavy atom. The van der Waals surface area contributed by atoms with Crippen LogP contribution >= 0.6 is 11.3 Å². The topological polar surface area (TPSA) is 73.8 Å². The highest BCUT2D eigenvalue weighted by Crippen LogP contribution is 2.33. The Hall–Kier alpha value is -2.73. The molecule has 0 bridgehead atoms. The van der Waals surface area contributed by atoms with Crippen LogP contribution in [0, 0.1) is 6.92 Å². The van der Waals surface area contributed by atoms with Crippen molar-refractivity contribution in [3.8, 4) is 5.69 Å². The number of nitrogens with zero attached hydrogens (tertiary/aromatic N) is 3. The largest absolute Gasteiger partial charge is 0.398 e. The Balaban J connectivity index is 2.17. The molecule has 1 aromatic carbocycles. The molecule has 4 aromatic rings. The molecule has 108 valence electrons. The molecule has 0 fully saturated rings. The van der Waals surface area contributed by atoms with Gasteiger partial charge in [-0.2, -0.15) is 0 Å². The van der Waals surface area contributed by atoms with Crippen molar-refractivity contribution in [1.29, 1.82) is 0 Å². The van der Waals surface area contributed by atoms with Crippen LogP contribution in [0.3, 0.4) is 0 Å². The molecule has 0 unspecified atom stereocenters. The minimum absolute atomic E-state index is 0.0869. The first-order valence-corrected chi connectivity index (χ1v) is 7.60.